The third kappa shape index (κ3) is 3.83. The molecule has 1 nitrogen and oxygen atoms in total. The highest BCUT2D eigenvalue weighted by Gasteiger charge is 2.10. The van der Waals surface area contributed by atoms with Gasteiger partial charge < -0.3 is 0 Å². The summed E-state index contributed by atoms with van der Waals surface area (Å²) in [7, 11) is 0. The third-order valence-corrected chi connectivity index (χ3v) is 3.74. The van der Waals surface area contributed by atoms with Crippen molar-refractivity contribution in [2.75, 3.05) is 0 Å². The Morgan fingerprint density at radius 1 is 0.609 bits per heavy atom. The number of benzene rings is 3. The summed E-state index contributed by atoms with van der Waals surface area (Å²) in [6.45, 7) is 0. The summed E-state index contributed by atoms with van der Waals surface area (Å²) < 4.78 is 0. The molecule has 0 bridgehead atoms. The zero-order valence-corrected chi connectivity index (χ0v) is 12.9. The van der Waals surface area contributed by atoms with Crippen LogP contribution in [-0.4, -0.2) is 5.78 Å². The predicted octanol–water partition coefficient (Wildman–Crippen LogP) is 5.64. The molecule has 0 fully saturated rings. The van der Waals surface area contributed by atoms with Gasteiger partial charge in [-0.25, -0.2) is 0 Å². The number of carbonyl (C=O) groups excluding carboxylic acids is 1. The molecule has 112 valence electrons. The van der Waals surface area contributed by atoms with Crippen LogP contribution in [0.4, 0.5) is 0 Å². The van der Waals surface area contributed by atoms with E-state index >= 15 is 0 Å². The summed E-state index contributed by atoms with van der Waals surface area (Å²) in [4.78, 5) is 11.2. The van der Waals surface area contributed by atoms with Gasteiger partial charge in [0.25, 0.3) is 0 Å². The fraction of sp³-hybridized carbons (Fsp3) is 0.0455. The Balaban J connectivity index is 0.000000136. The Kier molecular flexibility index (Phi) is 4.80. The maximum absolute atomic E-state index is 11.2. The molecule has 0 saturated carbocycles. The average molecular weight is 298 g/mol. The second kappa shape index (κ2) is 7.37. The van der Waals surface area contributed by atoms with Crippen molar-refractivity contribution in [2.45, 2.75) is 6.42 Å². The maximum Gasteiger partial charge on any atom is 0.167 e. The molecule has 0 aliphatic heterocycles. The molecule has 0 radical (unpaired) electrons. The lowest BCUT2D eigenvalue weighted by atomic mass is 9.97. The van der Waals surface area contributed by atoms with E-state index in [0.29, 0.717) is 6.42 Å². The van der Waals surface area contributed by atoms with Crippen LogP contribution >= 0.6 is 0 Å². The molecule has 3 aromatic carbocycles. The van der Waals surface area contributed by atoms with Gasteiger partial charge in [-0.15, -0.1) is 0 Å². The van der Waals surface area contributed by atoms with Crippen molar-refractivity contribution in [3.63, 3.8) is 0 Å². The zero-order chi connectivity index (χ0) is 15.9. The minimum absolute atomic E-state index is 0.225. The van der Waals surface area contributed by atoms with Crippen LogP contribution in [0.3, 0.4) is 0 Å². The highest BCUT2D eigenvalue weighted by Crippen LogP contribution is 2.18. The van der Waals surface area contributed by atoms with E-state index < -0.39 is 0 Å². The number of Topliss-reactive ketones (excluding diaryl/α,β-unsaturated/α-hetero) is 1. The summed E-state index contributed by atoms with van der Waals surface area (Å²) in [5, 5.41) is 0. The number of carbonyl (C=O) groups is 1. The van der Waals surface area contributed by atoms with Gasteiger partial charge in [0.05, 0.1) is 0 Å². The standard InChI is InChI=1S/C12H10.C10H8O/c1-3-7-11(8-4-1)12-9-5-2-6-10-12;11-10-7-3-5-8-4-1-2-6-9(8)10/h1-10H;1-6H,7H2. The smallest absolute Gasteiger partial charge is 0.167 e. The molecule has 0 heterocycles. The van der Waals surface area contributed by atoms with E-state index in [1.165, 1.54) is 11.1 Å². The van der Waals surface area contributed by atoms with E-state index in [-0.39, 0.29) is 5.78 Å². The van der Waals surface area contributed by atoms with Gasteiger partial charge in [-0.05, 0) is 16.7 Å². The molecular weight excluding hydrogens is 280 g/mol. The van der Waals surface area contributed by atoms with Crippen LogP contribution in [0, 0.1) is 0 Å². The van der Waals surface area contributed by atoms with Gasteiger partial charge in [0.15, 0.2) is 5.78 Å². The van der Waals surface area contributed by atoms with Crippen LogP contribution in [0.2, 0.25) is 0 Å². The number of ketones is 1. The largest absolute Gasteiger partial charge is 0.294 e. The number of hydrogen-bond acceptors (Lipinski definition) is 1. The van der Waals surface area contributed by atoms with Crippen LogP contribution in [0.25, 0.3) is 17.2 Å². The second-order valence-electron chi connectivity index (χ2n) is 5.35. The molecular formula is C22H18O. The molecule has 0 amide bonds. The van der Waals surface area contributed by atoms with Crippen molar-refractivity contribution in [3.05, 3.63) is 102 Å². The molecule has 1 aliphatic carbocycles. The minimum Gasteiger partial charge on any atom is -0.294 e. The molecule has 1 aliphatic rings. The first kappa shape index (κ1) is 15.0. The van der Waals surface area contributed by atoms with Crippen LogP contribution in [0.15, 0.2) is 91.0 Å². The van der Waals surface area contributed by atoms with Crippen LogP contribution in [0.1, 0.15) is 22.3 Å². The molecule has 0 N–H and O–H groups in total. The molecule has 0 spiro atoms. The average Bonchev–Trinajstić information content (AvgIpc) is 2.64. The van der Waals surface area contributed by atoms with E-state index in [9.17, 15) is 4.79 Å². The van der Waals surface area contributed by atoms with Gasteiger partial charge >= 0.3 is 0 Å². The lowest BCUT2D eigenvalue weighted by Gasteiger charge is -2.07. The van der Waals surface area contributed by atoms with Gasteiger partial charge in [0.1, 0.15) is 0 Å². The van der Waals surface area contributed by atoms with E-state index in [4.69, 9.17) is 0 Å². The Labute approximate surface area is 136 Å². The summed E-state index contributed by atoms with van der Waals surface area (Å²) in [5.41, 5.74) is 4.45. The summed E-state index contributed by atoms with van der Waals surface area (Å²) >= 11 is 0. The first-order chi connectivity index (χ1) is 11.3. The normalized spacial score (nSPS) is 12.1. The van der Waals surface area contributed by atoms with Gasteiger partial charge in [-0.3, -0.25) is 4.79 Å². The monoisotopic (exact) mass is 298 g/mol. The van der Waals surface area contributed by atoms with Crippen molar-refractivity contribution >= 4 is 11.9 Å². The lowest BCUT2D eigenvalue weighted by Crippen LogP contribution is -2.02. The van der Waals surface area contributed by atoms with Crippen LogP contribution in [-0.2, 0) is 0 Å². The van der Waals surface area contributed by atoms with E-state index in [1.54, 1.807) is 0 Å². The quantitative estimate of drug-likeness (QED) is 0.568. The highest BCUT2D eigenvalue weighted by atomic mass is 16.1. The molecule has 0 aromatic heterocycles. The molecule has 23 heavy (non-hydrogen) atoms. The van der Waals surface area contributed by atoms with Gasteiger partial charge in [0.2, 0.25) is 0 Å². The first-order valence-electron chi connectivity index (χ1n) is 7.74. The summed E-state index contributed by atoms with van der Waals surface area (Å²) in [6.07, 6.45) is 4.46. The molecule has 0 unspecified atom stereocenters. The van der Waals surface area contributed by atoms with Gasteiger partial charge in [0, 0.05) is 12.0 Å². The van der Waals surface area contributed by atoms with Crippen molar-refractivity contribution in [2.24, 2.45) is 0 Å². The molecule has 0 atom stereocenters. The molecule has 1 heteroatoms. The number of allylic oxidation sites excluding steroid dienone is 1. The topological polar surface area (TPSA) is 17.1 Å². The Morgan fingerprint density at radius 2 is 1.13 bits per heavy atom. The van der Waals surface area contributed by atoms with Gasteiger partial charge in [-0.1, -0.05) is 97.1 Å². The maximum atomic E-state index is 11.2. The minimum atomic E-state index is 0.225. The van der Waals surface area contributed by atoms with E-state index in [1.807, 2.05) is 48.6 Å². The second-order valence-corrected chi connectivity index (χ2v) is 5.35. The summed E-state index contributed by atoms with van der Waals surface area (Å²) in [6, 6.07) is 28.5. The SMILES string of the molecule is O=C1CC=Cc2ccccc21.c1ccc(-c2ccccc2)cc1. The van der Waals surface area contributed by atoms with Crippen molar-refractivity contribution in [1.29, 1.82) is 0 Å². The van der Waals surface area contributed by atoms with E-state index in [0.717, 1.165) is 11.1 Å². The van der Waals surface area contributed by atoms with Crippen molar-refractivity contribution < 1.29 is 4.79 Å². The molecule has 4 rings (SSSR count). The highest BCUT2D eigenvalue weighted by molar-refractivity contribution is 6.02. The predicted molar refractivity (Wildman–Crippen MR) is 96.3 cm³/mol. The molecule has 3 aromatic rings. The van der Waals surface area contributed by atoms with Gasteiger partial charge in [-0.2, -0.15) is 0 Å². The lowest BCUT2D eigenvalue weighted by molar-refractivity contribution is 0.0994. The number of fused-ring (bicyclic) bond motifs is 1. The van der Waals surface area contributed by atoms with Crippen molar-refractivity contribution in [3.8, 4) is 11.1 Å². The zero-order valence-electron chi connectivity index (χ0n) is 12.9. The fourth-order valence-corrected chi connectivity index (χ4v) is 2.56. The van der Waals surface area contributed by atoms with Crippen LogP contribution < -0.4 is 0 Å². The Hall–Kier alpha value is -2.93. The molecule has 0 saturated heterocycles. The third-order valence-electron chi connectivity index (χ3n) is 3.74. The van der Waals surface area contributed by atoms with Crippen LogP contribution in [0.5, 0.6) is 0 Å². The Bertz CT molecular complexity index is 764. The fourth-order valence-electron chi connectivity index (χ4n) is 2.56. The number of hydrogen-bond donors (Lipinski definition) is 0. The van der Waals surface area contributed by atoms with E-state index in [2.05, 4.69) is 48.5 Å². The summed E-state index contributed by atoms with van der Waals surface area (Å²) in [5.74, 6) is 0.225. The first-order valence-corrected chi connectivity index (χ1v) is 7.74. The number of rotatable bonds is 1. The van der Waals surface area contributed by atoms with Crippen molar-refractivity contribution in [1.82, 2.24) is 0 Å². The Morgan fingerprint density at radius 3 is 1.70 bits per heavy atom.